The van der Waals surface area contributed by atoms with E-state index in [9.17, 15) is 9.59 Å². The molecule has 1 aromatic rings. The lowest BCUT2D eigenvalue weighted by atomic mass is 10.1. The summed E-state index contributed by atoms with van der Waals surface area (Å²) >= 11 is 0. The van der Waals surface area contributed by atoms with Crippen molar-refractivity contribution in [2.45, 2.75) is 25.4 Å². The molecular formula is C14H18N2O3. The highest BCUT2D eigenvalue weighted by atomic mass is 16.5. The second-order valence-electron chi connectivity index (χ2n) is 4.58. The van der Waals surface area contributed by atoms with Crippen LogP contribution in [0.2, 0.25) is 0 Å². The van der Waals surface area contributed by atoms with Gasteiger partial charge in [-0.25, -0.2) is 4.79 Å². The molecule has 1 unspecified atom stereocenters. The fraction of sp³-hybridized carbons (Fsp3) is 0.429. The van der Waals surface area contributed by atoms with Gasteiger partial charge in [0.1, 0.15) is 0 Å². The van der Waals surface area contributed by atoms with Gasteiger partial charge in [0.15, 0.2) is 0 Å². The van der Waals surface area contributed by atoms with Gasteiger partial charge >= 0.3 is 5.97 Å². The van der Waals surface area contributed by atoms with Crippen molar-refractivity contribution in [1.82, 2.24) is 10.6 Å². The highest BCUT2D eigenvalue weighted by molar-refractivity contribution is 5.90. The first-order chi connectivity index (χ1) is 9.20. The summed E-state index contributed by atoms with van der Waals surface area (Å²) in [6, 6.07) is 7.54. The van der Waals surface area contributed by atoms with E-state index in [0.29, 0.717) is 25.1 Å². The van der Waals surface area contributed by atoms with Gasteiger partial charge in [-0.2, -0.15) is 0 Å². The molecule has 102 valence electrons. The third kappa shape index (κ3) is 3.54. The van der Waals surface area contributed by atoms with Crippen LogP contribution in [-0.2, 0) is 16.1 Å². The Kier molecular flexibility index (Phi) is 4.52. The molecule has 1 heterocycles. The van der Waals surface area contributed by atoms with Crippen molar-refractivity contribution >= 4 is 11.9 Å². The van der Waals surface area contributed by atoms with Gasteiger partial charge in [0.25, 0.3) is 0 Å². The zero-order valence-electron chi connectivity index (χ0n) is 10.9. The second-order valence-corrected chi connectivity index (χ2v) is 4.58. The topological polar surface area (TPSA) is 67.4 Å². The molecule has 1 aromatic carbocycles. The summed E-state index contributed by atoms with van der Waals surface area (Å²) in [5, 5.41) is 6.16. The lowest BCUT2D eigenvalue weighted by molar-refractivity contribution is -0.119. The number of nitrogens with one attached hydrogen (secondary N) is 2. The molecule has 1 amide bonds. The van der Waals surface area contributed by atoms with Crippen LogP contribution in [0.15, 0.2) is 24.3 Å². The highest BCUT2D eigenvalue weighted by Gasteiger charge is 2.20. The van der Waals surface area contributed by atoms with E-state index in [1.807, 2.05) is 18.2 Å². The van der Waals surface area contributed by atoms with Crippen molar-refractivity contribution in [3.05, 3.63) is 35.4 Å². The normalized spacial score (nSPS) is 18.2. The Morgan fingerprint density at radius 2 is 2.26 bits per heavy atom. The molecule has 0 spiro atoms. The number of hydrogen-bond acceptors (Lipinski definition) is 4. The van der Waals surface area contributed by atoms with E-state index in [2.05, 4.69) is 10.6 Å². The monoisotopic (exact) mass is 262 g/mol. The first-order valence-corrected chi connectivity index (χ1v) is 6.37. The van der Waals surface area contributed by atoms with Crippen LogP contribution < -0.4 is 10.6 Å². The van der Waals surface area contributed by atoms with Gasteiger partial charge in [-0.3, -0.25) is 4.79 Å². The van der Waals surface area contributed by atoms with Gasteiger partial charge in [-0.15, -0.1) is 0 Å². The van der Waals surface area contributed by atoms with Crippen molar-refractivity contribution in [2.24, 2.45) is 0 Å². The number of rotatable bonds is 5. The molecule has 5 heteroatoms. The molecule has 19 heavy (non-hydrogen) atoms. The second kappa shape index (κ2) is 6.33. The van der Waals surface area contributed by atoms with Crippen molar-refractivity contribution < 1.29 is 14.3 Å². The van der Waals surface area contributed by atoms with E-state index in [1.54, 1.807) is 6.07 Å². The zero-order chi connectivity index (χ0) is 13.7. The zero-order valence-corrected chi connectivity index (χ0v) is 10.9. The Bertz CT molecular complexity index is 474. The molecule has 5 nitrogen and oxygen atoms in total. The maximum atomic E-state index is 11.6. The smallest absolute Gasteiger partial charge is 0.338 e. The fourth-order valence-electron chi connectivity index (χ4n) is 2.20. The predicted octanol–water partition coefficient (Wildman–Crippen LogP) is 0.841. The van der Waals surface area contributed by atoms with Crippen LogP contribution in [0, 0.1) is 0 Å². The molecule has 0 radical (unpaired) electrons. The summed E-state index contributed by atoms with van der Waals surface area (Å²) in [6.07, 6.45) is 1.47. The van der Waals surface area contributed by atoms with E-state index >= 15 is 0 Å². The molecule has 0 aliphatic carbocycles. The maximum Gasteiger partial charge on any atom is 0.338 e. The lowest BCUT2D eigenvalue weighted by Gasteiger charge is -2.12. The summed E-state index contributed by atoms with van der Waals surface area (Å²) in [4.78, 5) is 22.7. The number of carbonyl (C=O) groups is 2. The summed E-state index contributed by atoms with van der Waals surface area (Å²) in [7, 11) is 1.38. The van der Waals surface area contributed by atoms with Gasteiger partial charge in [0.2, 0.25) is 5.91 Å². The number of ether oxygens (including phenoxy) is 1. The summed E-state index contributed by atoms with van der Waals surface area (Å²) < 4.78 is 4.75. The highest BCUT2D eigenvalue weighted by Crippen LogP contribution is 2.10. The van der Waals surface area contributed by atoms with Crippen LogP contribution in [0.5, 0.6) is 0 Å². The van der Waals surface area contributed by atoms with Gasteiger partial charge in [-0.1, -0.05) is 18.2 Å². The van der Waals surface area contributed by atoms with E-state index in [0.717, 1.165) is 12.0 Å². The van der Waals surface area contributed by atoms with Crippen LogP contribution in [0.4, 0.5) is 0 Å². The van der Waals surface area contributed by atoms with Crippen molar-refractivity contribution in [3.8, 4) is 0 Å². The minimum Gasteiger partial charge on any atom is -0.465 e. The third-order valence-corrected chi connectivity index (χ3v) is 3.21. The SMILES string of the molecule is COC(=O)c1ccccc1CNCC1CCC(=O)N1. The molecule has 2 N–H and O–H groups in total. The van der Waals surface area contributed by atoms with Crippen molar-refractivity contribution in [3.63, 3.8) is 0 Å². The van der Waals surface area contributed by atoms with Crippen molar-refractivity contribution in [2.75, 3.05) is 13.7 Å². The van der Waals surface area contributed by atoms with Crippen LogP contribution in [-0.4, -0.2) is 31.6 Å². The molecule has 0 bridgehead atoms. The Morgan fingerprint density at radius 1 is 1.47 bits per heavy atom. The van der Waals surface area contributed by atoms with E-state index < -0.39 is 0 Å². The molecular weight excluding hydrogens is 244 g/mol. The fourth-order valence-corrected chi connectivity index (χ4v) is 2.20. The van der Waals surface area contributed by atoms with Crippen LogP contribution in [0.3, 0.4) is 0 Å². The quantitative estimate of drug-likeness (QED) is 0.772. The summed E-state index contributed by atoms with van der Waals surface area (Å²) in [5.74, 6) is -0.215. The average Bonchev–Trinajstić information content (AvgIpc) is 2.84. The largest absolute Gasteiger partial charge is 0.465 e. The Balaban J connectivity index is 1.89. The first-order valence-electron chi connectivity index (χ1n) is 6.37. The standard InChI is InChI=1S/C14H18N2O3/c1-19-14(18)12-5-3-2-4-10(12)8-15-9-11-6-7-13(17)16-11/h2-5,11,15H,6-9H2,1H3,(H,16,17). The summed E-state index contributed by atoms with van der Waals surface area (Å²) in [5.41, 5.74) is 1.48. The number of benzene rings is 1. The summed E-state index contributed by atoms with van der Waals surface area (Å²) in [6.45, 7) is 1.29. The number of amides is 1. The molecule has 0 saturated carbocycles. The van der Waals surface area contributed by atoms with E-state index in [1.165, 1.54) is 7.11 Å². The predicted molar refractivity (Wildman–Crippen MR) is 70.7 cm³/mol. The number of hydrogen-bond donors (Lipinski definition) is 2. The molecule has 1 fully saturated rings. The maximum absolute atomic E-state index is 11.6. The first kappa shape index (κ1) is 13.5. The van der Waals surface area contributed by atoms with Crippen LogP contribution >= 0.6 is 0 Å². The van der Waals surface area contributed by atoms with E-state index in [4.69, 9.17) is 4.74 Å². The lowest BCUT2D eigenvalue weighted by Crippen LogP contribution is -2.35. The molecule has 1 aliphatic heterocycles. The van der Waals surface area contributed by atoms with E-state index in [-0.39, 0.29) is 17.9 Å². The van der Waals surface area contributed by atoms with Crippen LogP contribution in [0.1, 0.15) is 28.8 Å². The van der Waals surface area contributed by atoms with Gasteiger partial charge in [-0.05, 0) is 18.1 Å². The number of carbonyl (C=O) groups excluding carboxylic acids is 2. The molecule has 1 aliphatic rings. The van der Waals surface area contributed by atoms with Gasteiger partial charge in [0.05, 0.1) is 12.7 Å². The van der Waals surface area contributed by atoms with Crippen LogP contribution in [0.25, 0.3) is 0 Å². The number of esters is 1. The Hall–Kier alpha value is -1.88. The molecule has 1 atom stereocenters. The van der Waals surface area contributed by atoms with Gasteiger partial charge < -0.3 is 15.4 Å². The molecule has 1 saturated heterocycles. The molecule has 0 aromatic heterocycles. The minimum absolute atomic E-state index is 0.113. The molecule has 2 rings (SSSR count). The number of methoxy groups -OCH3 is 1. The van der Waals surface area contributed by atoms with Crippen molar-refractivity contribution in [1.29, 1.82) is 0 Å². The third-order valence-electron chi connectivity index (χ3n) is 3.21. The minimum atomic E-state index is -0.327. The average molecular weight is 262 g/mol. The Morgan fingerprint density at radius 3 is 2.95 bits per heavy atom. The van der Waals surface area contributed by atoms with Gasteiger partial charge in [0, 0.05) is 25.6 Å². The Labute approximate surface area is 112 Å².